The van der Waals surface area contributed by atoms with Crippen molar-refractivity contribution in [1.29, 1.82) is 0 Å². The molecule has 25 heavy (non-hydrogen) atoms. The van der Waals surface area contributed by atoms with Gasteiger partial charge < -0.3 is 20.7 Å². The summed E-state index contributed by atoms with van der Waals surface area (Å²) in [5, 5.41) is 2.99. The van der Waals surface area contributed by atoms with Crippen LogP contribution in [0.1, 0.15) is 65.2 Å². The average molecular weight is 354 g/mol. The van der Waals surface area contributed by atoms with Gasteiger partial charge in [-0.1, -0.05) is 19.3 Å². The summed E-state index contributed by atoms with van der Waals surface area (Å²) < 4.78 is 5.47. The summed E-state index contributed by atoms with van der Waals surface area (Å²) in [5.41, 5.74) is 5.70. The zero-order chi connectivity index (χ0) is 18.3. The van der Waals surface area contributed by atoms with Gasteiger partial charge in [-0.2, -0.15) is 0 Å². The fourth-order valence-corrected chi connectivity index (χ4v) is 3.80. The Morgan fingerprint density at radius 1 is 1.20 bits per heavy atom. The number of ether oxygens (including phenoxy) is 1. The van der Waals surface area contributed by atoms with Crippen LogP contribution in [-0.2, 0) is 14.3 Å². The fraction of sp³-hybridized carbons (Fsp3) is 0.895. The van der Waals surface area contributed by atoms with Crippen molar-refractivity contribution in [3.8, 4) is 0 Å². The summed E-state index contributed by atoms with van der Waals surface area (Å²) in [6.07, 6.45) is 7.38. The molecule has 2 amide bonds. The number of piperidine rings is 1. The van der Waals surface area contributed by atoms with Crippen LogP contribution >= 0.6 is 0 Å². The van der Waals surface area contributed by atoms with Crippen molar-refractivity contribution in [3.05, 3.63) is 0 Å². The highest BCUT2D eigenvalue weighted by Gasteiger charge is 2.39. The second-order valence-electron chi connectivity index (χ2n) is 7.85. The van der Waals surface area contributed by atoms with E-state index < -0.39 is 5.54 Å². The Hall–Kier alpha value is -1.14. The third-order valence-electron chi connectivity index (χ3n) is 5.40. The van der Waals surface area contributed by atoms with Gasteiger partial charge >= 0.3 is 0 Å². The molecule has 2 aliphatic rings. The highest BCUT2D eigenvalue weighted by atomic mass is 16.5. The van der Waals surface area contributed by atoms with Gasteiger partial charge in [-0.25, -0.2) is 0 Å². The number of carbonyl (C=O) groups is 2. The zero-order valence-corrected chi connectivity index (χ0v) is 15.9. The lowest BCUT2D eigenvalue weighted by Crippen LogP contribution is -2.58. The Labute approximate surface area is 151 Å². The number of amides is 2. The molecule has 0 aromatic heterocycles. The molecule has 0 aromatic carbocycles. The number of hydrogen-bond donors (Lipinski definition) is 2. The first-order valence-electron chi connectivity index (χ1n) is 9.90. The first-order valence-corrected chi connectivity index (χ1v) is 9.90. The summed E-state index contributed by atoms with van der Waals surface area (Å²) in [6, 6.07) is 0. The lowest BCUT2D eigenvalue weighted by molar-refractivity contribution is -0.141. The predicted octanol–water partition coefficient (Wildman–Crippen LogP) is 1.82. The normalized spacial score (nSPS) is 21.4. The van der Waals surface area contributed by atoms with Crippen molar-refractivity contribution in [3.63, 3.8) is 0 Å². The number of hydrogen-bond acceptors (Lipinski definition) is 4. The summed E-state index contributed by atoms with van der Waals surface area (Å²) in [6.45, 7) is 6.62. The molecule has 3 N–H and O–H groups in total. The van der Waals surface area contributed by atoms with Crippen LogP contribution < -0.4 is 11.1 Å². The molecule has 0 radical (unpaired) electrons. The Morgan fingerprint density at radius 2 is 1.84 bits per heavy atom. The van der Waals surface area contributed by atoms with Crippen molar-refractivity contribution in [2.24, 2.45) is 11.7 Å². The molecule has 1 aliphatic carbocycles. The van der Waals surface area contributed by atoms with Crippen LogP contribution in [0.2, 0.25) is 0 Å². The fourth-order valence-electron chi connectivity index (χ4n) is 3.80. The zero-order valence-electron chi connectivity index (χ0n) is 15.9. The van der Waals surface area contributed by atoms with Crippen molar-refractivity contribution >= 4 is 11.8 Å². The van der Waals surface area contributed by atoms with E-state index >= 15 is 0 Å². The number of nitrogens with one attached hydrogen (secondary N) is 1. The van der Waals surface area contributed by atoms with E-state index in [1.54, 1.807) is 0 Å². The summed E-state index contributed by atoms with van der Waals surface area (Å²) >= 11 is 0. The van der Waals surface area contributed by atoms with Crippen LogP contribution in [0.25, 0.3) is 0 Å². The van der Waals surface area contributed by atoms with E-state index in [1.165, 1.54) is 6.42 Å². The van der Waals surface area contributed by atoms with Crippen LogP contribution in [0.5, 0.6) is 0 Å². The van der Waals surface area contributed by atoms with Crippen LogP contribution in [0.4, 0.5) is 0 Å². The Kier molecular flexibility index (Phi) is 7.69. The molecule has 2 rings (SSSR count). The van der Waals surface area contributed by atoms with Crippen molar-refractivity contribution < 1.29 is 14.3 Å². The molecule has 0 bridgehead atoms. The maximum Gasteiger partial charge on any atom is 0.242 e. The number of nitrogens with zero attached hydrogens (tertiary/aromatic N) is 1. The van der Waals surface area contributed by atoms with Gasteiger partial charge in [0.2, 0.25) is 11.8 Å². The smallest absolute Gasteiger partial charge is 0.242 e. The molecule has 0 atom stereocenters. The molecule has 2 fully saturated rings. The van der Waals surface area contributed by atoms with E-state index in [4.69, 9.17) is 10.5 Å². The monoisotopic (exact) mass is 353 g/mol. The number of likely N-dealkylation sites (tertiary alicyclic amines) is 1. The number of nitrogens with two attached hydrogens (primary N) is 1. The quantitative estimate of drug-likeness (QED) is 0.684. The molecule has 6 heteroatoms. The summed E-state index contributed by atoms with van der Waals surface area (Å²) in [7, 11) is 0. The highest BCUT2D eigenvalue weighted by Crippen LogP contribution is 2.29. The van der Waals surface area contributed by atoms with Crippen LogP contribution in [-0.4, -0.2) is 54.6 Å². The van der Waals surface area contributed by atoms with Crippen molar-refractivity contribution in [1.82, 2.24) is 10.2 Å². The molecule has 1 saturated carbocycles. The third-order valence-corrected chi connectivity index (χ3v) is 5.40. The SMILES string of the molecule is CC(C)OCCCNC(=O)C1CCN(C(=O)C2(N)CCCCC2)CC1. The molecule has 0 unspecified atom stereocenters. The van der Waals surface area contributed by atoms with Crippen molar-refractivity contribution in [2.75, 3.05) is 26.2 Å². The van der Waals surface area contributed by atoms with E-state index in [0.717, 1.165) is 44.9 Å². The van der Waals surface area contributed by atoms with E-state index in [9.17, 15) is 9.59 Å². The topological polar surface area (TPSA) is 84.7 Å². The van der Waals surface area contributed by atoms with E-state index in [1.807, 2.05) is 18.7 Å². The molecule has 0 spiro atoms. The lowest BCUT2D eigenvalue weighted by atomic mass is 9.81. The maximum absolute atomic E-state index is 12.7. The Balaban J connectivity index is 1.68. The van der Waals surface area contributed by atoms with Crippen LogP contribution in [0.15, 0.2) is 0 Å². The predicted molar refractivity (Wildman–Crippen MR) is 98.0 cm³/mol. The van der Waals surface area contributed by atoms with Gasteiger partial charge in [0.15, 0.2) is 0 Å². The Morgan fingerprint density at radius 3 is 2.44 bits per heavy atom. The van der Waals surface area contributed by atoms with Gasteiger partial charge in [0.1, 0.15) is 0 Å². The van der Waals surface area contributed by atoms with E-state index in [-0.39, 0.29) is 23.8 Å². The van der Waals surface area contributed by atoms with Gasteiger partial charge in [-0.05, 0) is 46.0 Å². The maximum atomic E-state index is 12.7. The molecule has 1 heterocycles. The van der Waals surface area contributed by atoms with Gasteiger partial charge in [0.25, 0.3) is 0 Å². The average Bonchev–Trinajstić information content (AvgIpc) is 2.61. The lowest BCUT2D eigenvalue weighted by Gasteiger charge is -2.39. The second-order valence-corrected chi connectivity index (χ2v) is 7.85. The van der Waals surface area contributed by atoms with Gasteiger partial charge in [-0.15, -0.1) is 0 Å². The van der Waals surface area contributed by atoms with Crippen LogP contribution in [0.3, 0.4) is 0 Å². The molecule has 1 aliphatic heterocycles. The second kappa shape index (κ2) is 9.53. The molecule has 144 valence electrons. The first-order chi connectivity index (χ1) is 11.9. The number of rotatable bonds is 7. The first kappa shape index (κ1) is 20.2. The molecule has 0 aromatic rings. The van der Waals surface area contributed by atoms with Crippen molar-refractivity contribution in [2.45, 2.75) is 76.9 Å². The van der Waals surface area contributed by atoms with Gasteiger partial charge in [0.05, 0.1) is 11.6 Å². The van der Waals surface area contributed by atoms with Crippen LogP contribution in [0, 0.1) is 5.92 Å². The minimum Gasteiger partial charge on any atom is -0.379 e. The summed E-state index contributed by atoms with van der Waals surface area (Å²) in [5.74, 6) is 0.212. The van der Waals surface area contributed by atoms with Gasteiger partial charge in [-0.3, -0.25) is 9.59 Å². The molecular weight excluding hydrogens is 318 g/mol. The molecule has 6 nitrogen and oxygen atoms in total. The minimum absolute atomic E-state index is 0.00940. The number of carbonyl (C=O) groups excluding carboxylic acids is 2. The molecule has 1 saturated heterocycles. The highest BCUT2D eigenvalue weighted by molar-refractivity contribution is 5.86. The third kappa shape index (κ3) is 5.96. The molecular formula is C19H35N3O3. The Bertz CT molecular complexity index is 439. The summed E-state index contributed by atoms with van der Waals surface area (Å²) in [4.78, 5) is 26.9. The van der Waals surface area contributed by atoms with E-state index in [0.29, 0.717) is 26.2 Å². The minimum atomic E-state index is -0.663. The largest absolute Gasteiger partial charge is 0.379 e. The standard InChI is InChI=1S/C19H35N3O3/c1-15(2)25-14-6-11-21-17(23)16-7-12-22(13-8-16)18(24)19(20)9-4-3-5-10-19/h15-16H,3-14,20H2,1-2H3,(H,21,23). The van der Waals surface area contributed by atoms with E-state index in [2.05, 4.69) is 5.32 Å². The van der Waals surface area contributed by atoms with Gasteiger partial charge in [0, 0.05) is 32.2 Å².